The van der Waals surface area contributed by atoms with Gasteiger partial charge in [0.2, 0.25) is 10.0 Å². The molecule has 0 fully saturated rings. The summed E-state index contributed by atoms with van der Waals surface area (Å²) in [5.41, 5.74) is 4.83. The molecule has 1 unspecified atom stereocenters. The van der Waals surface area contributed by atoms with Crippen molar-refractivity contribution in [1.82, 2.24) is 9.88 Å². The van der Waals surface area contributed by atoms with E-state index in [1.165, 1.54) is 12.1 Å². The van der Waals surface area contributed by atoms with Crippen LogP contribution in [0.25, 0.3) is 22.2 Å². The van der Waals surface area contributed by atoms with Crippen LogP contribution in [0.1, 0.15) is 34.5 Å². The number of hydrogen-bond acceptors (Lipinski definition) is 4. The van der Waals surface area contributed by atoms with Crippen molar-refractivity contribution in [1.29, 1.82) is 0 Å². The van der Waals surface area contributed by atoms with Gasteiger partial charge in [0.05, 0.1) is 27.7 Å². The third-order valence-electron chi connectivity index (χ3n) is 5.86. The molecule has 4 aromatic rings. The van der Waals surface area contributed by atoms with E-state index in [9.17, 15) is 13.2 Å². The number of primary sulfonamides is 1. The second-order valence-corrected chi connectivity index (χ2v) is 9.71. The minimum absolute atomic E-state index is 0.0375. The first-order valence-electron chi connectivity index (χ1n) is 10.5. The van der Waals surface area contributed by atoms with Crippen LogP contribution in [-0.2, 0) is 10.0 Å². The van der Waals surface area contributed by atoms with Crippen LogP contribution in [0.4, 0.5) is 0 Å². The first-order chi connectivity index (χ1) is 15.6. The molecular formula is C26H25N3O3S. The highest BCUT2D eigenvalue weighted by atomic mass is 32.2. The van der Waals surface area contributed by atoms with Crippen LogP contribution in [0.5, 0.6) is 0 Å². The number of aromatic nitrogens is 1. The van der Waals surface area contributed by atoms with Gasteiger partial charge in [-0.3, -0.25) is 4.79 Å². The molecule has 4 rings (SSSR count). The molecule has 168 valence electrons. The lowest BCUT2D eigenvalue weighted by atomic mass is 10.0. The van der Waals surface area contributed by atoms with Gasteiger partial charge in [-0.1, -0.05) is 54.1 Å². The van der Waals surface area contributed by atoms with Gasteiger partial charge in [-0.25, -0.2) is 18.5 Å². The quantitative estimate of drug-likeness (QED) is 0.468. The first kappa shape index (κ1) is 22.6. The summed E-state index contributed by atoms with van der Waals surface area (Å²) < 4.78 is 23.1. The Hall–Kier alpha value is -3.55. The van der Waals surface area contributed by atoms with E-state index in [0.29, 0.717) is 5.56 Å². The SMILES string of the molecule is Cc1ccc2nc(-c3ccccc3)cc(C(=O)N(C)C(C)c3ccc(S(N)(=O)=O)cc3)c2c1. The Morgan fingerprint density at radius 2 is 1.64 bits per heavy atom. The van der Waals surface area contributed by atoms with E-state index < -0.39 is 10.0 Å². The number of nitrogens with two attached hydrogens (primary N) is 1. The fourth-order valence-corrected chi connectivity index (χ4v) is 4.31. The zero-order chi connectivity index (χ0) is 23.8. The van der Waals surface area contributed by atoms with Gasteiger partial charge in [0.25, 0.3) is 5.91 Å². The van der Waals surface area contributed by atoms with Gasteiger partial charge >= 0.3 is 0 Å². The highest BCUT2D eigenvalue weighted by molar-refractivity contribution is 7.89. The lowest BCUT2D eigenvalue weighted by Crippen LogP contribution is -2.30. The summed E-state index contributed by atoms with van der Waals surface area (Å²) in [5, 5.41) is 5.99. The van der Waals surface area contributed by atoms with Crippen molar-refractivity contribution in [3.8, 4) is 11.3 Å². The van der Waals surface area contributed by atoms with Gasteiger partial charge in [0.1, 0.15) is 0 Å². The molecule has 0 aliphatic rings. The summed E-state index contributed by atoms with van der Waals surface area (Å²) in [6, 6.07) is 23.5. The Kier molecular flexibility index (Phi) is 6.01. The molecule has 1 amide bonds. The normalized spacial score (nSPS) is 12.5. The molecule has 3 aromatic carbocycles. The van der Waals surface area contributed by atoms with Crippen molar-refractivity contribution in [2.45, 2.75) is 24.8 Å². The first-order valence-corrected chi connectivity index (χ1v) is 12.1. The smallest absolute Gasteiger partial charge is 0.254 e. The molecule has 1 atom stereocenters. The van der Waals surface area contributed by atoms with E-state index >= 15 is 0 Å². The molecule has 7 heteroatoms. The number of hydrogen-bond donors (Lipinski definition) is 1. The largest absolute Gasteiger partial charge is 0.335 e. The molecule has 0 bridgehead atoms. The Morgan fingerprint density at radius 3 is 2.27 bits per heavy atom. The number of pyridine rings is 1. The lowest BCUT2D eigenvalue weighted by Gasteiger charge is -2.26. The maximum Gasteiger partial charge on any atom is 0.254 e. The average molecular weight is 460 g/mol. The van der Waals surface area contributed by atoms with E-state index in [4.69, 9.17) is 10.1 Å². The summed E-state index contributed by atoms with van der Waals surface area (Å²) >= 11 is 0. The molecule has 1 heterocycles. The zero-order valence-corrected chi connectivity index (χ0v) is 19.5. The van der Waals surface area contributed by atoms with Crippen molar-refractivity contribution in [2.75, 3.05) is 7.05 Å². The van der Waals surface area contributed by atoms with Crippen LogP contribution in [0.2, 0.25) is 0 Å². The van der Waals surface area contributed by atoms with E-state index in [1.54, 1.807) is 24.1 Å². The van der Waals surface area contributed by atoms with Crippen LogP contribution in [0.3, 0.4) is 0 Å². The number of carbonyl (C=O) groups excluding carboxylic acids is 1. The van der Waals surface area contributed by atoms with Crippen LogP contribution < -0.4 is 5.14 Å². The Labute approximate surface area is 193 Å². The van der Waals surface area contributed by atoms with E-state index in [1.807, 2.05) is 68.4 Å². The molecule has 33 heavy (non-hydrogen) atoms. The fourth-order valence-electron chi connectivity index (χ4n) is 3.80. The highest BCUT2D eigenvalue weighted by Crippen LogP contribution is 2.29. The Balaban J connectivity index is 1.75. The van der Waals surface area contributed by atoms with E-state index in [-0.39, 0.29) is 16.8 Å². The highest BCUT2D eigenvalue weighted by Gasteiger charge is 2.22. The molecule has 1 aromatic heterocycles. The summed E-state index contributed by atoms with van der Waals surface area (Å²) in [5.74, 6) is -0.145. The van der Waals surface area contributed by atoms with Crippen molar-refractivity contribution in [3.05, 3.63) is 95.6 Å². The number of carbonyl (C=O) groups is 1. The molecule has 0 aliphatic carbocycles. The molecule has 0 radical (unpaired) electrons. The summed E-state index contributed by atoms with van der Waals surface area (Å²) in [4.78, 5) is 20.2. The summed E-state index contributed by atoms with van der Waals surface area (Å²) in [7, 11) is -2.03. The van der Waals surface area contributed by atoms with Crippen LogP contribution in [0, 0.1) is 6.92 Å². The van der Waals surface area contributed by atoms with Crippen LogP contribution >= 0.6 is 0 Å². The monoisotopic (exact) mass is 459 g/mol. The van der Waals surface area contributed by atoms with Gasteiger partial charge in [-0.05, 0) is 49.7 Å². The Bertz CT molecular complexity index is 1430. The predicted molar refractivity (Wildman–Crippen MR) is 130 cm³/mol. The minimum Gasteiger partial charge on any atom is -0.335 e. The summed E-state index contributed by atoms with van der Waals surface area (Å²) in [6.07, 6.45) is 0. The van der Waals surface area contributed by atoms with E-state index in [0.717, 1.165) is 33.3 Å². The summed E-state index contributed by atoms with van der Waals surface area (Å²) in [6.45, 7) is 3.88. The van der Waals surface area contributed by atoms with E-state index in [2.05, 4.69) is 0 Å². The molecule has 0 spiro atoms. The fraction of sp³-hybridized carbons (Fsp3) is 0.154. The maximum atomic E-state index is 13.7. The molecule has 0 aliphatic heterocycles. The number of sulfonamides is 1. The molecule has 6 nitrogen and oxygen atoms in total. The average Bonchev–Trinajstić information content (AvgIpc) is 2.82. The van der Waals surface area contributed by atoms with Crippen LogP contribution in [-0.4, -0.2) is 31.3 Å². The number of rotatable bonds is 5. The number of fused-ring (bicyclic) bond motifs is 1. The number of aryl methyl sites for hydroxylation is 1. The van der Waals surface area contributed by atoms with Crippen molar-refractivity contribution in [3.63, 3.8) is 0 Å². The third kappa shape index (κ3) is 4.65. The topological polar surface area (TPSA) is 93.4 Å². The second kappa shape index (κ2) is 8.77. The van der Waals surface area contributed by atoms with Gasteiger partial charge in [0.15, 0.2) is 0 Å². The van der Waals surface area contributed by atoms with Gasteiger partial charge in [0, 0.05) is 18.0 Å². The molecular weight excluding hydrogens is 434 g/mol. The van der Waals surface area contributed by atoms with Crippen molar-refractivity contribution < 1.29 is 13.2 Å². The third-order valence-corrected chi connectivity index (χ3v) is 6.79. The molecule has 0 saturated carbocycles. The van der Waals surface area contributed by atoms with Crippen molar-refractivity contribution >= 4 is 26.8 Å². The van der Waals surface area contributed by atoms with Gasteiger partial charge < -0.3 is 4.90 Å². The van der Waals surface area contributed by atoms with Gasteiger partial charge in [-0.2, -0.15) is 0 Å². The Morgan fingerprint density at radius 1 is 0.970 bits per heavy atom. The molecule has 2 N–H and O–H groups in total. The van der Waals surface area contributed by atoms with Gasteiger partial charge in [-0.15, -0.1) is 0 Å². The predicted octanol–water partition coefficient (Wildman–Crippen LogP) is 4.69. The zero-order valence-electron chi connectivity index (χ0n) is 18.7. The van der Waals surface area contributed by atoms with Crippen molar-refractivity contribution in [2.24, 2.45) is 5.14 Å². The number of amides is 1. The lowest BCUT2D eigenvalue weighted by molar-refractivity contribution is 0.0744. The van der Waals surface area contributed by atoms with Crippen LogP contribution in [0.15, 0.2) is 83.8 Å². The number of nitrogens with zero attached hydrogens (tertiary/aromatic N) is 2. The maximum absolute atomic E-state index is 13.7. The minimum atomic E-state index is -3.77. The molecule has 0 saturated heterocycles. The number of benzene rings is 3. The standard InChI is InChI=1S/C26H25N3O3S/c1-17-9-14-24-22(15-17)23(16-25(28-24)20-7-5-4-6-8-20)26(30)29(3)18(2)19-10-12-21(13-11-19)33(27,31)32/h4-16,18H,1-3H3,(H2,27,31,32). The second-order valence-electron chi connectivity index (χ2n) is 8.15.